The molecule has 0 aliphatic heterocycles. The third kappa shape index (κ3) is 7.98. The molecule has 2 N–H and O–H groups in total. The molecule has 2 rings (SSSR count). The summed E-state index contributed by atoms with van der Waals surface area (Å²) >= 11 is 0. The highest BCUT2D eigenvalue weighted by Gasteiger charge is 2.20. The van der Waals surface area contributed by atoms with E-state index in [-0.39, 0.29) is 24.0 Å². The van der Waals surface area contributed by atoms with Gasteiger partial charge in [-0.1, -0.05) is 0 Å². The van der Waals surface area contributed by atoms with Crippen LogP contribution in [0.2, 0.25) is 0 Å². The van der Waals surface area contributed by atoms with Gasteiger partial charge in [-0.25, -0.2) is 0 Å². The van der Waals surface area contributed by atoms with E-state index < -0.39 is 0 Å². The molecule has 7 heteroatoms. The first-order valence-electron chi connectivity index (χ1n) is 7.77. The number of nitrogens with zero attached hydrogens (tertiary/aromatic N) is 3. The Labute approximate surface area is 150 Å². The van der Waals surface area contributed by atoms with Gasteiger partial charge in [-0.05, 0) is 37.2 Å². The van der Waals surface area contributed by atoms with Gasteiger partial charge >= 0.3 is 0 Å². The summed E-state index contributed by atoms with van der Waals surface area (Å²) < 4.78 is 7.43. The van der Waals surface area contributed by atoms with Crippen molar-refractivity contribution in [2.45, 2.75) is 25.7 Å². The normalized spacial score (nSPS) is 14.5. The van der Waals surface area contributed by atoms with E-state index in [1.54, 1.807) is 7.05 Å². The molecule has 0 aromatic carbocycles. The molecule has 0 saturated heterocycles. The van der Waals surface area contributed by atoms with Gasteiger partial charge in [-0.2, -0.15) is 5.10 Å². The number of hydrogen-bond donors (Lipinski definition) is 2. The molecule has 1 heterocycles. The fraction of sp³-hybridized carbons (Fsp3) is 0.733. The molecule has 1 aromatic heterocycles. The molecule has 0 amide bonds. The Morgan fingerprint density at radius 2 is 2.18 bits per heavy atom. The van der Waals surface area contributed by atoms with Gasteiger partial charge in [0.05, 0.1) is 6.20 Å². The Kier molecular flexibility index (Phi) is 9.45. The van der Waals surface area contributed by atoms with Gasteiger partial charge in [0.1, 0.15) is 0 Å². The van der Waals surface area contributed by atoms with Crippen molar-refractivity contribution in [2.24, 2.45) is 18.0 Å². The maximum absolute atomic E-state index is 5.60. The van der Waals surface area contributed by atoms with E-state index in [4.69, 9.17) is 4.74 Å². The van der Waals surface area contributed by atoms with Crippen molar-refractivity contribution in [1.82, 2.24) is 20.4 Å². The molecular formula is C15H28IN5O. The molecule has 22 heavy (non-hydrogen) atoms. The summed E-state index contributed by atoms with van der Waals surface area (Å²) in [6, 6.07) is 0. The molecule has 1 saturated carbocycles. The summed E-state index contributed by atoms with van der Waals surface area (Å²) in [6.45, 7) is 3.51. The summed E-state index contributed by atoms with van der Waals surface area (Å²) in [5.74, 6) is 1.70. The Morgan fingerprint density at radius 1 is 1.41 bits per heavy atom. The van der Waals surface area contributed by atoms with Crippen LogP contribution < -0.4 is 10.6 Å². The lowest BCUT2D eigenvalue weighted by Crippen LogP contribution is -2.39. The molecular weight excluding hydrogens is 393 g/mol. The third-order valence-electron chi connectivity index (χ3n) is 3.50. The number of rotatable bonds is 9. The van der Waals surface area contributed by atoms with E-state index in [9.17, 15) is 0 Å². The molecule has 1 fully saturated rings. The van der Waals surface area contributed by atoms with E-state index in [0.717, 1.165) is 51.0 Å². The number of hydrogen-bond acceptors (Lipinski definition) is 3. The Balaban J connectivity index is 0.00000242. The molecule has 0 atom stereocenters. The van der Waals surface area contributed by atoms with Gasteiger partial charge in [0, 0.05) is 46.6 Å². The maximum Gasteiger partial charge on any atom is 0.190 e. The highest BCUT2D eigenvalue weighted by molar-refractivity contribution is 14.0. The first-order chi connectivity index (χ1) is 10.3. The van der Waals surface area contributed by atoms with Crippen molar-refractivity contribution in [1.29, 1.82) is 0 Å². The second-order valence-electron chi connectivity index (χ2n) is 5.57. The van der Waals surface area contributed by atoms with E-state index in [1.807, 2.05) is 24.1 Å². The highest BCUT2D eigenvalue weighted by atomic mass is 127. The minimum atomic E-state index is 0. The third-order valence-corrected chi connectivity index (χ3v) is 3.50. The summed E-state index contributed by atoms with van der Waals surface area (Å²) in [5.41, 5.74) is 1.23. The number of guanidine groups is 1. The number of nitrogens with one attached hydrogen (secondary N) is 2. The number of aliphatic imine (C=N–C) groups is 1. The molecule has 0 radical (unpaired) electrons. The van der Waals surface area contributed by atoms with Crippen LogP contribution in [-0.4, -0.2) is 49.1 Å². The molecule has 0 spiro atoms. The number of halogens is 1. The summed E-state index contributed by atoms with van der Waals surface area (Å²) in [5, 5.41) is 10.8. The summed E-state index contributed by atoms with van der Waals surface area (Å²) in [7, 11) is 3.73. The minimum Gasteiger partial charge on any atom is -0.381 e. The second kappa shape index (κ2) is 10.8. The lowest BCUT2D eigenvalue weighted by atomic mass is 10.2. The van der Waals surface area contributed by atoms with Crippen LogP contribution in [0.1, 0.15) is 24.8 Å². The summed E-state index contributed by atoms with van der Waals surface area (Å²) in [4.78, 5) is 4.21. The van der Waals surface area contributed by atoms with Crippen molar-refractivity contribution in [3.63, 3.8) is 0 Å². The van der Waals surface area contributed by atoms with Crippen LogP contribution in [0.25, 0.3) is 0 Å². The topological polar surface area (TPSA) is 63.5 Å². The van der Waals surface area contributed by atoms with Crippen LogP contribution in [0.5, 0.6) is 0 Å². The zero-order valence-corrected chi connectivity index (χ0v) is 15.9. The first kappa shape index (κ1) is 19.2. The zero-order valence-electron chi connectivity index (χ0n) is 13.5. The molecule has 1 aliphatic carbocycles. The lowest BCUT2D eigenvalue weighted by molar-refractivity contribution is 0.123. The van der Waals surface area contributed by atoms with Gasteiger partial charge < -0.3 is 15.4 Å². The Bertz CT molecular complexity index is 445. The number of aromatic nitrogens is 2. The SMILES string of the molecule is CN=C(NCCCOCC1CC1)NCCc1cnn(C)c1.I. The van der Waals surface area contributed by atoms with Crippen LogP contribution in [0, 0.1) is 5.92 Å². The van der Waals surface area contributed by atoms with Gasteiger partial charge in [-0.3, -0.25) is 9.67 Å². The van der Waals surface area contributed by atoms with Gasteiger partial charge in [-0.15, -0.1) is 24.0 Å². The zero-order chi connectivity index (χ0) is 14.9. The second-order valence-corrected chi connectivity index (χ2v) is 5.57. The van der Waals surface area contributed by atoms with Crippen LogP contribution >= 0.6 is 24.0 Å². The van der Waals surface area contributed by atoms with E-state index in [0.29, 0.717) is 0 Å². The largest absolute Gasteiger partial charge is 0.381 e. The summed E-state index contributed by atoms with van der Waals surface area (Å²) in [6.07, 6.45) is 8.59. The number of ether oxygens (including phenoxy) is 1. The van der Waals surface area contributed by atoms with Crippen molar-refractivity contribution in [3.8, 4) is 0 Å². The monoisotopic (exact) mass is 421 g/mol. The molecule has 0 unspecified atom stereocenters. The van der Waals surface area contributed by atoms with Gasteiger partial charge in [0.15, 0.2) is 5.96 Å². The highest BCUT2D eigenvalue weighted by Crippen LogP contribution is 2.28. The van der Waals surface area contributed by atoms with Crippen molar-refractivity contribution in [3.05, 3.63) is 18.0 Å². The van der Waals surface area contributed by atoms with Crippen molar-refractivity contribution >= 4 is 29.9 Å². The molecule has 0 bridgehead atoms. The molecule has 1 aliphatic rings. The standard InChI is InChI=1S/C15H27N5O.HI/c1-16-15(17-7-3-9-21-12-13-4-5-13)18-8-6-14-10-19-20(2)11-14;/h10-11,13H,3-9,12H2,1-2H3,(H2,16,17,18);1H. The van der Waals surface area contributed by atoms with E-state index in [2.05, 4.69) is 20.7 Å². The average molecular weight is 421 g/mol. The quantitative estimate of drug-likeness (QED) is 0.275. The predicted octanol–water partition coefficient (Wildman–Crippen LogP) is 1.56. The maximum atomic E-state index is 5.60. The Morgan fingerprint density at radius 3 is 2.82 bits per heavy atom. The van der Waals surface area contributed by atoms with Crippen molar-refractivity contribution < 1.29 is 4.74 Å². The Hall–Kier alpha value is -0.830. The van der Waals surface area contributed by atoms with Crippen LogP contribution in [0.3, 0.4) is 0 Å². The van der Waals surface area contributed by atoms with Crippen LogP contribution in [0.15, 0.2) is 17.4 Å². The van der Waals surface area contributed by atoms with Crippen LogP contribution in [-0.2, 0) is 18.2 Å². The first-order valence-corrected chi connectivity index (χ1v) is 7.77. The van der Waals surface area contributed by atoms with Crippen molar-refractivity contribution in [2.75, 3.05) is 33.4 Å². The van der Waals surface area contributed by atoms with Gasteiger partial charge in [0.25, 0.3) is 0 Å². The fourth-order valence-electron chi connectivity index (χ4n) is 2.06. The minimum absolute atomic E-state index is 0. The molecule has 1 aromatic rings. The van der Waals surface area contributed by atoms with E-state index in [1.165, 1.54) is 18.4 Å². The smallest absolute Gasteiger partial charge is 0.190 e. The van der Waals surface area contributed by atoms with E-state index >= 15 is 0 Å². The fourth-order valence-corrected chi connectivity index (χ4v) is 2.06. The van der Waals surface area contributed by atoms with Gasteiger partial charge in [0.2, 0.25) is 0 Å². The average Bonchev–Trinajstić information content (AvgIpc) is 3.22. The molecule has 6 nitrogen and oxygen atoms in total. The van der Waals surface area contributed by atoms with Crippen LogP contribution in [0.4, 0.5) is 0 Å². The lowest BCUT2D eigenvalue weighted by Gasteiger charge is -2.11. The predicted molar refractivity (Wildman–Crippen MR) is 99.9 cm³/mol. The molecule has 126 valence electrons. The number of aryl methyl sites for hydroxylation is 1.